The second kappa shape index (κ2) is 11.5. The fourth-order valence-electron chi connectivity index (χ4n) is 4.07. The summed E-state index contributed by atoms with van der Waals surface area (Å²) in [5, 5.41) is 9.88. The van der Waals surface area contributed by atoms with Crippen molar-refractivity contribution in [2.75, 3.05) is 4.90 Å². The molecule has 0 spiro atoms. The van der Waals surface area contributed by atoms with Crippen LogP contribution in [0.4, 0.5) is 17.1 Å². The van der Waals surface area contributed by atoms with Crippen molar-refractivity contribution in [3.8, 4) is 28.4 Å². The van der Waals surface area contributed by atoms with Crippen molar-refractivity contribution in [1.29, 1.82) is 0 Å². The zero-order valence-electron chi connectivity index (χ0n) is 21.2. The third-order valence-electron chi connectivity index (χ3n) is 6.07. The Morgan fingerprint density at radius 1 is 0.579 bits per heavy atom. The Labute approximate surface area is 223 Å². The average Bonchev–Trinajstić information content (AvgIpc) is 2.96. The largest absolute Gasteiger partial charge is 0.461 e. The molecule has 0 aromatic heterocycles. The summed E-state index contributed by atoms with van der Waals surface area (Å²) in [6, 6.07) is 44.3. The first-order valence-electron chi connectivity index (χ1n) is 12.5. The molecule has 1 atom stereocenters. The number of anilines is 3. The summed E-state index contributed by atoms with van der Waals surface area (Å²) in [7, 11) is 0. The Kier molecular flexibility index (Phi) is 7.53. The van der Waals surface area contributed by atoms with E-state index in [0.29, 0.717) is 11.3 Å². The number of aliphatic hydroxyl groups excluding tert-OH is 1. The van der Waals surface area contributed by atoms with Gasteiger partial charge < -0.3 is 19.5 Å². The predicted molar refractivity (Wildman–Crippen MR) is 155 cm³/mol. The molecule has 0 saturated heterocycles. The molecule has 5 rings (SSSR count). The highest BCUT2D eigenvalue weighted by Crippen LogP contribution is 2.36. The summed E-state index contributed by atoms with van der Waals surface area (Å²) in [6.07, 6.45) is -1.01. The van der Waals surface area contributed by atoms with Crippen molar-refractivity contribution in [2.24, 2.45) is 0 Å². The molecule has 0 radical (unpaired) electrons. The smallest absolute Gasteiger partial charge is 0.219 e. The molecule has 1 N–H and O–H groups in total. The van der Waals surface area contributed by atoms with Gasteiger partial charge in [0.25, 0.3) is 0 Å². The minimum absolute atomic E-state index is 0.561. The van der Waals surface area contributed by atoms with Gasteiger partial charge in [-0.25, -0.2) is 0 Å². The minimum Gasteiger partial charge on any atom is -0.461 e. The van der Waals surface area contributed by atoms with Gasteiger partial charge in [0.15, 0.2) is 0 Å². The number of benzene rings is 5. The van der Waals surface area contributed by atoms with Crippen LogP contribution in [-0.2, 0) is 0 Å². The van der Waals surface area contributed by atoms with Crippen molar-refractivity contribution in [1.82, 2.24) is 0 Å². The first kappa shape index (κ1) is 24.9. The standard InChI is InChI=1S/C34H29NO3/c1-25(2)34(36)38-33-21-15-27(16-22-33)26-13-17-29(18-14-26)35(28-9-5-3-6-10-28)30-19-23-32(24-20-30)37-31-11-7-4-8-12-31/h3-24,34,36H,1H2,2H3. The maximum Gasteiger partial charge on any atom is 0.219 e. The number of para-hydroxylation sites is 2. The van der Waals surface area contributed by atoms with Gasteiger partial charge in [-0.1, -0.05) is 67.2 Å². The highest BCUT2D eigenvalue weighted by Gasteiger charge is 2.13. The zero-order chi connectivity index (χ0) is 26.3. The molecule has 38 heavy (non-hydrogen) atoms. The lowest BCUT2D eigenvalue weighted by atomic mass is 10.0. The first-order chi connectivity index (χ1) is 18.6. The number of ether oxygens (including phenoxy) is 2. The second-order valence-electron chi connectivity index (χ2n) is 8.97. The molecule has 188 valence electrons. The molecule has 0 aliphatic carbocycles. The van der Waals surface area contributed by atoms with Crippen molar-refractivity contribution in [3.63, 3.8) is 0 Å². The molecule has 0 fully saturated rings. The topological polar surface area (TPSA) is 41.9 Å². The quantitative estimate of drug-likeness (QED) is 0.162. The number of nitrogens with zero attached hydrogens (tertiary/aromatic N) is 1. The molecule has 0 aliphatic heterocycles. The Hall–Kier alpha value is -4.80. The van der Waals surface area contributed by atoms with Crippen LogP contribution in [-0.4, -0.2) is 11.4 Å². The van der Waals surface area contributed by atoms with Gasteiger partial charge in [0.2, 0.25) is 6.29 Å². The Bertz CT molecular complexity index is 1460. The fraction of sp³-hybridized carbons (Fsp3) is 0.0588. The van der Waals surface area contributed by atoms with E-state index in [1.54, 1.807) is 6.92 Å². The van der Waals surface area contributed by atoms with Crippen molar-refractivity contribution in [3.05, 3.63) is 146 Å². The number of aliphatic hydroxyl groups is 1. The molecule has 0 heterocycles. The minimum atomic E-state index is -1.01. The highest BCUT2D eigenvalue weighted by molar-refractivity contribution is 5.78. The van der Waals surface area contributed by atoms with Gasteiger partial charge in [0.1, 0.15) is 17.2 Å². The van der Waals surface area contributed by atoms with E-state index in [0.717, 1.165) is 39.7 Å². The van der Waals surface area contributed by atoms with Gasteiger partial charge >= 0.3 is 0 Å². The molecular formula is C34H29NO3. The van der Waals surface area contributed by atoms with Crippen LogP contribution in [0.2, 0.25) is 0 Å². The molecule has 0 amide bonds. The monoisotopic (exact) mass is 499 g/mol. The van der Waals surface area contributed by atoms with Gasteiger partial charge in [0.05, 0.1) is 0 Å². The molecular weight excluding hydrogens is 470 g/mol. The molecule has 4 nitrogen and oxygen atoms in total. The van der Waals surface area contributed by atoms with Crippen molar-refractivity contribution in [2.45, 2.75) is 13.2 Å². The lowest BCUT2D eigenvalue weighted by Crippen LogP contribution is -2.15. The number of hydrogen-bond acceptors (Lipinski definition) is 4. The molecule has 5 aromatic carbocycles. The van der Waals surface area contributed by atoms with Crippen LogP contribution in [0.3, 0.4) is 0 Å². The van der Waals surface area contributed by atoms with E-state index in [1.165, 1.54) is 0 Å². The number of hydrogen-bond donors (Lipinski definition) is 1. The predicted octanol–water partition coefficient (Wildman–Crippen LogP) is 8.89. The van der Waals surface area contributed by atoms with Gasteiger partial charge in [-0.2, -0.15) is 0 Å². The van der Waals surface area contributed by atoms with E-state index in [2.05, 4.69) is 60.0 Å². The lowest BCUT2D eigenvalue weighted by molar-refractivity contribution is 0.0151. The second-order valence-corrected chi connectivity index (χ2v) is 8.97. The normalized spacial score (nSPS) is 11.4. The maximum atomic E-state index is 9.88. The van der Waals surface area contributed by atoms with Crippen LogP contribution < -0.4 is 14.4 Å². The van der Waals surface area contributed by atoms with Crippen molar-refractivity contribution < 1.29 is 14.6 Å². The summed E-state index contributed by atoms with van der Waals surface area (Å²) in [6.45, 7) is 5.45. The summed E-state index contributed by atoms with van der Waals surface area (Å²) in [4.78, 5) is 2.21. The summed E-state index contributed by atoms with van der Waals surface area (Å²) in [5.74, 6) is 2.18. The van der Waals surface area contributed by atoms with Gasteiger partial charge in [-0.05, 0) is 96.4 Å². The van der Waals surface area contributed by atoms with E-state index >= 15 is 0 Å². The van der Waals surface area contributed by atoms with E-state index in [-0.39, 0.29) is 0 Å². The zero-order valence-corrected chi connectivity index (χ0v) is 21.2. The third kappa shape index (κ3) is 5.94. The van der Waals surface area contributed by atoms with E-state index < -0.39 is 6.29 Å². The van der Waals surface area contributed by atoms with Gasteiger partial charge in [-0.15, -0.1) is 0 Å². The van der Waals surface area contributed by atoms with Crippen LogP contribution in [0.15, 0.2) is 146 Å². The molecule has 1 unspecified atom stereocenters. The van der Waals surface area contributed by atoms with Crippen LogP contribution >= 0.6 is 0 Å². The molecule has 0 saturated carbocycles. The Balaban J connectivity index is 1.39. The van der Waals surface area contributed by atoms with Crippen molar-refractivity contribution >= 4 is 17.1 Å². The van der Waals surface area contributed by atoms with E-state index in [4.69, 9.17) is 9.47 Å². The summed E-state index contributed by atoms with van der Waals surface area (Å²) < 4.78 is 11.5. The Morgan fingerprint density at radius 2 is 1.00 bits per heavy atom. The molecule has 0 bridgehead atoms. The van der Waals surface area contributed by atoms with Crippen LogP contribution in [0.1, 0.15) is 6.92 Å². The van der Waals surface area contributed by atoms with Crippen LogP contribution in [0, 0.1) is 0 Å². The summed E-state index contributed by atoms with van der Waals surface area (Å²) >= 11 is 0. The maximum absolute atomic E-state index is 9.88. The van der Waals surface area contributed by atoms with Gasteiger partial charge in [-0.3, -0.25) is 0 Å². The van der Waals surface area contributed by atoms with Gasteiger partial charge in [0, 0.05) is 17.1 Å². The lowest BCUT2D eigenvalue weighted by Gasteiger charge is -2.26. The van der Waals surface area contributed by atoms with Crippen LogP contribution in [0.5, 0.6) is 17.2 Å². The SMILES string of the molecule is C=C(C)C(O)Oc1ccc(-c2ccc(N(c3ccccc3)c3ccc(Oc4ccccc4)cc3)cc2)cc1. The fourth-order valence-corrected chi connectivity index (χ4v) is 4.07. The number of rotatable bonds is 9. The molecule has 5 aromatic rings. The Morgan fingerprint density at radius 3 is 1.55 bits per heavy atom. The molecule has 4 heteroatoms. The third-order valence-corrected chi connectivity index (χ3v) is 6.07. The first-order valence-corrected chi connectivity index (χ1v) is 12.5. The average molecular weight is 500 g/mol. The van der Waals surface area contributed by atoms with Crippen LogP contribution in [0.25, 0.3) is 11.1 Å². The van der Waals surface area contributed by atoms with E-state index in [1.807, 2.05) is 84.9 Å². The molecule has 0 aliphatic rings. The highest BCUT2D eigenvalue weighted by atomic mass is 16.6. The van der Waals surface area contributed by atoms with E-state index in [9.17, 15) is 5.11 Å². The summed E-state index contributed by atoms with van der Waals surface area (Å²) in [5.41, 5.74) is 5.84.